The molecular formula is C10H23N3O2S. The molecule has 0 heterocycles. The summed E-state index contributed by atoms with van der Waals surface area (Å²) in [5.74, 6) is 0. The minimum atomic E-state index is -3.24. The SMILES string of the molecule is CC(C)NCCCN(C)S(=O)(=O)NC1CC1. The van der Waals surface area contributed by atoms with Crippen LogP contribution >= 0.6 is 0 Å². The van der Waals surface area contributed by atoms with Gasteiger partial charge in [0.05, 0.1) is 0 Å². The lowest BCUT2D eigenvalue weighted by molar-refractivity contribution is 0.439. The quantitative estimate of drug-likeness (QED) is 0.608. The first-order valence-electron chi connectivity index (χ1n) is 5.89. The molecule has 1 fully saturated rings. The highest BCUT2D eigenvalue weighted by atomic mass is 32.2. The highest BCUT2D eigenvalue weighted by molar-refractivity contribution is 7.87. The molecule has 0 aromatic rings. The van der Waals surface area contributed by atoms with Crippen molar-refractivity contribution in [3.63, 3.8) is 0 Å². The van der Waals surface area contributed by atoms with Gasteiger partial charge in [-0.15, -0.1) is 0 Å². The summed E-state index contributed by atoms with van der Waals surface area (Å²) in [6, 6.07) is 0.632. The monoisotopic (exact) mass is 249 g/mol. The van der Waals surface area contributed by atoms with Crippen LogP contribution in [0.25, 0.3) is 0 Å². The van der Waals surface area contributed by atoms with Gasteiger partial charge in [0.2, 0.25) is 0 Å². The molecule has 1 aliphatic rings. The fourth-order valence-electron chi connectivity index (χ4n) is 1.31. The smallest absolute Gasteiger partial charge is 0.279 e. The van der Waals surface area contributed by atoms with Gasteiger partial charge in [-0.05, 0) is 25.8 Å². The average molecular weight is 249 g/mol. The maximum atomic E-state index is 11.7. The van der Waals surface area contributed by atoms with Gasteiger partial charge < -0.3 is 5.32 Å². The number of hydrogen-bond acceptors (Lipinski definition) is 3. The van der Waals surface area contributed by atoms with E-state index in [9.17, 15) is 8.42 Å². The fraction of sp³-hybridized carbons (Fsp3) is 1.00. The molecular weight excluding hydrogens is 226 g/mol. The van der Waals surface area contributed by atoms with E-state index in [0.29, 0.717) is 12.6 Å². The zero-order valence-electron chi connectivity index (χ0n) is 10.4. The van der Waals surface area contributed by atoms with Crippen LogP contribution < -0.4 is 10.0 Å². The van der Waals surface area contributed by atoms with Gasteiger partial charge in [-0.3, -0.25) is 0 Å². The van der Waals surface area contributed by atoms with Gasteiger partial charge in [-0.25, -0.2) is 0 Å². The van der Waals surface area contributed by atoms with E-state index in [1.165, 1.54) is 4.31 Å². The van der Waals surface area contributed by atoms with E-state index in [-0.39, 0.29) is 6.04 Å². The summed E-state index contributed by atoms with van der Waals surface area (Å²) in [4.78, 5) is 0. The predicted molar refractivity (Wildman–Crippen MR) is 65.5 cm³/mol. The Labute approximate surface area is 98.8 Å². The Balaban J connectivity index is 2.19. The molecule has 0 unspecified atom stereocenters. The molecule has 0 saturated heterocycles. The molecule has 6 heteroatoms. The summed E-state index contributed by atoms with van der Waals surface area (Å²) in [7, 11) is -1.62. The predicted octanol–water partition coefficient (Wildman–Crippen LogP) is 0.303. The summed E-state index contributed by atoms with van der Waals surface area (Å²) < 4.78 is 27.5. The third-order valence-electron chi connectivity index (χ3n) is 2.51. The summed E-state index contributed by atoms with van der Waals surface area (Å²) >= 11 is 0. The van der Waals surface area contributed by atoms with E-state index >= 15 is 0 Å². The standard InChI is InChI=1S/C10H23N3O2S/c1-9(2)11-7-4-8-13(3)16(14,15)12-10-5-6-10/h9-12H,4-8H2,1-3H3. The van der Waals surface area contributed by atoms with Crippen LogP contribution in [-0.4, -0.2) is 44.9 Å². The summed E-state index contributed by atoms with van der Waals surface area (Å²) in [6.07, 6.45) is 2.78. The lowest BCUT2D eigenvalue weighted by Gasteiger charge is -2.17. The Morgan fingerprint density at radius 3 is 2.50 bits per heavy atom. The average Bonchev–Trinajstić information content (AvgIpc) is 2.94. The minimum absolute atomic E-state index is 0.182. The first kappa shape index (κ1) is 13.9. The molecule has 0 aromatic heterocycles. The van der Waals surface area contributed by atoms with Crippen molar-refractivity contribution in [2.45, 2.75) is 45.2 Å². The van der Waals surface area contributed by atoms with Crippen molar-refractivity contribution in [1.82, 2.24) is 14.3 Å². The maximum Gasteiger partial charge on any atom is 0.279 e. The topological polar surface area (TPSA) is 61.4 Å². The normalized spacial score (nSPS) is 17.3. The second kappa shape index (κ2) is 5.95. The Morgan fingerprint density at radius 1 is 1.38 bits per heavy atom. The van der Waals surface area contributed by atoms with E-state index < -0.39 is 10.2 Å². The van der Waals surface area contributed by atoms with Gasteiger partial charge in [-0.2, -0.15) is 17.4 Å². The van der Waals surface area contributed by atoms with E-state index in [1.807, 2.05) is 0 Å². The third kappa shape index (κ3) is 5.25. The highest BCUT2D eigenvalue weighted by Crippen LogP contribution is 2.20. The molecule has 0 spiro atoms. The van der Waals surface area contributed by atoms with Crippen molar-refractivity contribution in [3.8, 4) is 0 Å². The number of nitrogens with zero attached hydrogens (tertiary/aromatic N) is 1. The molecule has 0 radical (unpaired) electrons. The number of rotatable bonds is 8. The molecule has 16 heavy (non-hydrogen) atoms. The molecule has 0 aliphatic heterocycles. The van der Waals surface area contributed by atoms with Gasteiger partial charge in [-0.1, -0.05) is 13.8 Å². The first-order valence-corrected chi connectivity index (χ1v) is 7.33. The number of nitrogens with one attached hydrogen (secondary N) is 2. The zero-order chi connectivity index (χ0) is 12.2. The molecule has 1 aliphatic carbocycles. The molecule has 2 N–H and O–H groups in total. The Kier molecular flexibility index (Phi) is 5.17. The van der Waals surface area contributed by atoms with Crippen molar-refractivity contribution in [1.29, 1.82) is 0 Å². The van der Waals surface area contributed by atoms with Crippen LogP contribution in [0.5, 0.6) is 0 Å². The minimum Gasteiger partial charge on any atom is -0.314 e. The van der Waals surface area contributed by atoms with Crippen molar-refractivity contribution < 1.29 is 8.42 Å². The van der Waals surface area contributed by atoms with Crippen LogP contribution in [-0.2, 0) is 10.2 Å². The van der Waals surface area contributed by atoms with E-state index in [0.717, 1.165) is 25.8 Å². The highest BCUT2D eigenvalue weighted by Gasteiger charge is 2.28. The second-order valence-electron chi connectivity index (χ2n) is 4.68. The Morgan fingerprint density at radius 2 is 2.00 bits per heavy atom. The molecule has 1 saturated carbocycles. The Bertz CT molecular complexity index is 299. The summed E-state index contributed by atoms with van der Waals surface area (Å²) in [5.41, 5.74) is 0. The maximum absolute atomic E-state index is 11.7. The molecule has 96 valence electrons. The molecule has 5 nitrogen and oxygen atoms in total. The lowest BCUT2D eigenvalue weighted by Crippen LogP contribution is -2.40. The van der Waals surface area contributed by atoms with Crippen molar-refractivity contribution in [2.75, 3.05) is 20.1 Å². The van der Waals surface area contributed by atoms with Gasteiger partial charge in [0.25, 0.3) is 10.2 Å². The van der Waals surface area contributed by atoms with Crippen LogP contribution in [0.3, 0.4) is 0 Å². The summed E-state index contributed by atoms with van der Waals surface area (Å²) in [5, 5.41) is 3.26. The molecule has 0 amide bonds. The molecule has 0 aromatic carbocycles. The fourth-order valence-corrected chi connectivity index (χ4v) is 2.52. The zero-order valence-corrected chi connectivity index (χ0v) is 11.2. The molecule has 0 bridgehead atoms. The third-order valence-corrected chi connectivity index (χ3v) is 4.14. The van der Waals surface area contributed by atoms with Crippen molar-refractivity contribution in [3.05, 3.63) is 0 Å². The van der Waals surface area contributed by atoms with Crippen LogP contribution in [0.1, 0.15) is 33.1 Å². The van der Waals surface area contributed by atoms with Crippen LogP contribution in [0, 0.1) is 0 Å². The van der Waals surface area contributed by atoms with Crippen molar-refractivity contribution >= 4 is 10.2 Å². The van der Waals surface area contributed by atoms with E-state index in [2.05, 4.69) is 23.9 Å². The lowest BCUT2D eigenvalue weighted by atomic mass is 10.3. The van der Waals surface area contributed by atoms with Crippen LogP contribution in [0.15, 0.2) is 0 Å². The van der Waals surface area contributed by atoms with Crippen molar-refractivity contribution in [2.24, 2.45) is 0 Å². The van der Waals surface area contributed by atoms with E-state index in [4.69, 9.17) is 0 Å². The molecule has 1 rings (SSSR count). The second-order valence-corrected chi connectivity index (χ2v) is 6.49. The van der Waals surface area contributed by atoms with Gasteiger partial charge in [0.1, 0.15) is 0 Å². The number of hydrogen-bond donors (Lipinski definition) is 2. The summed E-state index contributed by atoms with van der Waals surface area (Å²) in [6.45, 7) is 5.56. The van der Waals surface area contributed by atoms with Gasteiger partial charge in [0.15, 0.2) is 0 Å². The van der Waals surface area contributed by atoms with Crippen LogP contribution in [0.2, 0.25) is 0 Å². The van der Waals surface area contributed by atoms with E-state index in [1.54, 1.807) is 7.05 Å². The Hall–Kier alpha value is -0.170. The van der Waals surface area contributed by atoms with Gasteiger partial charge in [0, 0.05) is 25.7 Å². The first-order chi connectivity index (χ1) is 7.42. The van der Waals surface area contributed by atoms with Gasteiger partial charge >= 0.3 is 0 Å². The largest absolute Gasteiger partial charge is 0.314 e. The molecule has 0 atom stereocenters. The van der Waals surface area contributed by atoms with Crippen LogP contribution in [0.4, 0.5) is 0 Å².